The summed E-state index contributed by atoms with van der Waals surface area (Å²) >= 11 is 6.10. The van der Waals surface area contributed by atoms with Crippen LogP contribution < -0.4 is 5.32 Å². The lowest BCUT2D eigenvalue weighted by molar-refractivity contribution is 0.102. The van der Waals surface area contributed by atoms with Crippen LogP contribution in [0.1, 0.15) is 15.9 Å². The zero-order valence-electron chi connectivity index (χ0n) is 12.5. The van der Waals surface area contributed by atoms with Gasteiger partial charge in [-0.15, -0.1) is 0 Å². The molecule has 5 heteroatoms. The highest BCUT2D eigenvalue weighted by Gasteiger charge is 2.14. The van der Waals surface area contributed by atoms with Crippen molar-refractivity contribution in [3.63, 3.8) is 0 Å². The smallest absolute Gasteiger partial charge is 0.256 e. The molecule has 0 fully saturated rings. The standard InChI is InChI=1S/C18H14ClN3O/c1-12-15(19)7-4-8-16(12)22-18(23)14-6-3-2-5-13(14)17-9-10-20-11-21-17/h2-11H,1H3,(H,22,23). The zero-order valence-corrected chi connectivity index (χ0v) is 13.2. The molecule has 0 unspecified atom stereocenters. The van der Waals surface area contributed by atoms with Crippen molar-refractivity contribution in [3.8, 4) is 11.3 Å². The van der Waals surface area contributed by atoms with Gasteiger partial charge in [-0.2, -0.15) is 0 Å². The van der Waals surface area contributed by atoms with E-state index in [9.17, 15) is 4.79 Å². The molecule has 3 rings (SSSR count). The maximum absolute atomic E-state index is 12.7. The number of nitrogens with zero attached hydrogens (tertiary/aromatic N) is 2. The Hall–Kier alpha value is -2.72. The van der Waals surface area contributed by atoms with E-state index in [1.807, 2.05) is 31.2 Å². The van der Waals surface area contributed by atoms with E-state index in [2.05, 4.69) is 15.3 Å². The molecule has 0 aliphatic heterocycles. The van der Waals surface area contributed by atoms with Crippen LogP contribution in [0.3, 0.4) is 0 Å². The Morgan fingerprint density at radius 2 is 1.91 bits per heavy atom. The van der Waals surface area contributed by atoms with Crippen LogP contribution >= 0.6 is 11.6 Å². The average molecular weight is 324 g/mol. The predicted octanol–water partition coefficient (Wildman–Crippen LogP) is 4.36. The number of benzene rings is 2. The summed E-state index contributed by atoms with van der Waals surface area (Å²) in [5.74, 6) is -0.204. The third-order valence-electron chi connectivity index (χ3n) is 3.55. The molecule has 0 spiro atoms. The first-order valence-corrected chi connectivity index (χ1v) is 7.46. The molecule has 0 radical (unpaired) electrons. The maximum Gasteiger partial charge on any atom is 0.256 e. The summed E-state index contributed by atoms with van der Waals surface area (Å²) in [5.41, 5.74) is 3.54. The maximum atomic E-state index is 12.7. The van der Waals surface area contributed by atoms with Crippen LogP contribution in [-0.4, -0.2) is 15.9 Å². The predicted molar refractivity (Wildman–Crippen MR) is 91.6 cm³/mol. The second kappa shape index (κ2) is 6.58. The minimum absolute atomic E-state index is 0.204. The number of amides is 1. The summed E-state index contributed by atoms with van der Waals surface area (Å²) in [5, 5.41) is 3.53. The molecule has 3 aromatic rings. The molecule has 114 valence electrons. The van der Waals surface area contributed by atoms with Crippen molar-refractivity contribution in [2.75, 3.05) is 5.32 Å². The highest BCUT2D eigenvalue weighted by molar-refractivity contribution is 6.31. The average Bonchev–Trinajstić information content (AvgIpc) is 2.60. The van der Waals surface area contributed by atoms with Gasteiger partial charge >= 0.3 is 0 Å². The number of aromatic nitrogens is 2. The van der Waals surface area contributed by atoms with Crippen LogP contribution in [0, 0.1) is 6.92 Å². The Morgan fingerprint density at radius 1 is 1.09 bits per heavy atom. The van der Waals surface area contributed by atoms with Crippen molar-refractivity contribution in [1.82, 2.24) is 9.97 Å². The second-order valence-corrected chi connectivity index (χ2v) is 5.41. The van der Waals surface area contributed by atoms with Crippen molar-refractivity contribution in [2.45, 2.75) is 6.92 Å². The molecular weight excluding hydrogens is 310 g/mol. The van der Waals surface area contributed by atoms with E-state index < -0.39 is 0 Å². The molecule has 2 aromatic carbocycles. The van der Waals surface area contributed by atoms with Crippen molar-refractivity contribution in [1.29, 1.82) is 0 Å². The van der Waals surface area contributed by atoms with Gasteiger partial charge < -0.3 is 5.32 Å². The van der Waals surface area contributed by atoms with Crippen molar-refractivity contribution < 1.29 is 4.79 Å². The highest BCUT2D eigenvalue weighted by atomic mass is 35.5. The van der Waals surface area contributed by atoms with Crippen LogP contribution in [0.15, 0.2) is 61.1 Å². The van der Waals surface area contributed by atoms with Crippen LogP contribution in [-0.2, 0) is 0 Å². The Balaban J connectivity index is 1.96. The number of carbonyl (C=O) groups is 1. The molecule has 0 atom stereocenters. The minimum atomic E-state index is -0.204. The summed E-state index contributed by atoms with van der Waals surface area (Å²) in [7, 11) is 0. The van der Waals surface area contributed by atoms with E-state index in [-0.39, 0.29) is 5.91 Å². The molecule has 1 amide bonds. The Labute approximate surface area is 139 Å². The van der Waals surface area contributed by atoms with E-state index in [1.54, 1.807) is 30.5 Å². The first kappa shape index (κ1) is 15.2. The summed E-state index contributed by atoms with van der Waals surface area (Å²) in [6.45, 7) is 1.87. The molecule has 1 heterocycles. The van der Waals surface area contributed by atoms with Crippen molar-refractivity contribution >= 4 is 23.2 Å². The molecule has 1 aromatic heterocycles. The van der Waals surface area contributed by atoms with Crippen LogP contribution in [0.25, 0.3) is 11.3 Å². The van der Waals surface area contributed by atoms with Gasteiger partial charge in [0.05, 0.1) is 5.69 Å². The fourth-order valence-corrected chi connectivity index (χ4v) is 2.46. The topological polar surface area (TPSA) is 54.9 Å². The number of anilines is 1. The van der Waals surface area contributed by atoms with Gasteiger partial charge in [0.15, 0.2) is 0 Å². The number of halogens is 1. The Kier molecular flexibility index (Phi) is 4.35. The van der Waals surface area contributed by atoms with Crippen molar-refractivity contribution in [3.05, 3.63) is 77.2 Å². The lowest BCUT2D eigenvalue weighted by Gasteiger charge is -2.12. The number of hydrogen-bond acceptors (Lipinski definition) is 3. The fourth-order valence-electron chi connectivity index (χ4n) is 2.29. The first-order chi connectivity index (χ1) is 11.2. The molecule has 0 saturated carbocycles. The van der Waals surface area contributed by atoms with Crippen molar-refractivity contribution in [2.24, 2.45) is 0 Å². The van der Waals surface area contributed by atoms with Crippen LogP contribution in [0.2, 0.25) is 5.02 Å². The first-order valence-electron chi connectivity index (χ1n) is 7.08. The van der Waals surface area contributed by atoms with E-state index in [0.29, 0.717) is 22.0 Å². The molecule has 0 aliphatic carbocycles. The highest BCUT2D eigenvalue weighted by Crippen LogP contribution is 2.26. The van der Waals surface area contributed by atoms with Gasteiger partial charge in [0.25, 0.3) is 5.91 Å². The zero-order chi connectivity index (χ0) is 16.2. The number of carbonyl (C=O) groups excluding carboxylic acids is 1. The van der Waals surface area contributed by atoms with Gasteiger partial charge in [-0.1, -0.05) is 35.9 Å². The summed E-state index contributed by atoms with van der Waals surface area (Å²) in [6, 6.07) is 14.5. The molecule has 0 bridgehead atoms. The summed E-state index contributed by atoms with van der Waals surface area (Å²) < 4.78 is 0. The number of nitrogens with one attached hydrogen (secondary N) is 1. The largest absolute Gasteiger partial charge is 0.322 e. The molecule has 4 nitrogen and oxygen atoms in total. The lowest BCUT2D eigenvalue weighted by atomic mass is 10.0. The molecule has 0 saturated heterocycles. The Morgan fingerprint density at radius 3 is 2.70 bits per heavy atom. The third-order valence-corrected chi connectivity index (χ3v) is 3.95. The van der Waals surface area contributed by atoms with Crippen LogP contribution in [0.5, 0.6) is 0 Å². The van der Waals surface area contributed by atoms with E-state index in [4.69, 9.17) is 11.6 Å². The molecule has 1 N–H and O–H groups in total. The van der Waals surface area contributed by atoms with Gasteiger partial charge in [0.2, 0.25) is 0 Å². The monoisotopic (exact) mass is 323 g/mol. The molecule has 0 aliphatic rings. The van der Waals surface area contributed by atoms with Gasteiger partial charge in [-0.05, 0) is 36.8 Å². The normalized spacial score (nSPS) is 10.3. The van der Waals surface area contributed by atoms with E-state index >= 15 is 0 Å². The number of hydrogen-bond donors (Lipinski definition) is 1. The Bertz CT molecular complexity index is 850. The van der Waals surface area contributed by atoms with Gasteiger partial charge in [0.1, 0.15) is 6.33 Å². The van der Waals surface area contributed by atoms with Gasteiger partial charge in [-0.3, -0.25) is 4.79 Å². The SMILES string of the molecule is Cc1c(Cl)cccc1NC(=O)c1ccccc1-c1ccncn1. The molecule has 23 heavy (non-hydrogen) atoms. The van der Waals surface area contributed by atoms with Gasteiger partial charge in [0, 0.05) is 28.0 Å². The lowest BCUT2D eigenvalue weighted by Crippen LogP contribution is -2.14. The van der Waals surface area contributed by atoms with Gasteiger partial charge in [-0.25, -0.2) is 9.97 Å². The third kappa shape index (κ3) is 3.22. The summed E-state index contributed by atoms with van der Waals surface area (Å²) in [4.78, 5) is 20.8. The fraction of sp³-hybridized carbons (Fsp3) is 0.0556. The second-order valence-electron chi connectivity index (χ2n) is 5.01. The number of rotatable bonds is 3. The van der Waals surface area contributed by atoms with E-state index in [1.165, 1.54) is 6.33 Å². The quantitative estimate of drug-likeness (QED) is 0.779. The summed E-state index contributed by atoms with van der Waals surface area (Å²) in [6.07, 6.45) is 3.11. The molecular formula is C18H14ClN3O. The van der Waals surface area contributed by atoms with Crippen LogP contribution in [0.4, 0.5) is 5.69 Å². The minimum Gasteiger partial charge on any atom is -0.322 e. The van der Waals surface area contributed by atoms with E-state index in [0.717, 1.165) is 11.1 Å².